The van der Waals surface area contributed by atoms with Crippen LogP contribution in [-0.4, -0.2) is 75.2 Å². The maximum absolute atomic E-state index is 11.7. The first-order valence-electron chi connectivity index (χ1n) is 7.96. The molecule has 1 saturated heterocycles. The molecule has 122 valence electrons. The van der Waals surface area contributed by atoms with Crippen molar-refractivity contribution >= 4 is 11.9 Å². The summed E-state index contributed by atoms with van der Waals surface area (Å²) < 4.78 is 5.34. The zero-order valence-corrected chi connectivity index (χ0v) is 13.7. The lowest BCUT2D eigenvalue weighted by molar-refractivity contribution is -0.127. The summed E-state index contributed by atoms with van der Waals surface area (Å²) in [7, 11) is 3.52. The van der Waals surface area contributed by atoms with Crippen molar-refractivity contribution in [3.63, 3.8) is 0 Å². The van der Waals surface area contributed by atoms with Gasteiger partial charge in [0, 0.05) is 46.9 Å². The lowest BCUT2D eigenvalue weighted by Crippen LogP contribution is -2.45. The van der Waals surface area contributed by atoms with Gasteiger partial charge in [0.25, 0.3) is 0 Å². The number of likely N-dealkylation sites (tertiary alicyclic amines) is 1. The Morgan fingerprint density at radius 2 is 2.00 bits per heavy atom. The number of nitrogens with zero attached hydrogens (tertiary/aromatic N) is 3. The van der Waals surface area contributed by atoms with E-state index in [1.54, 1.807) is 19.0 Å². The summed E-state index contributed by atoms with van der Waals surface area (Å²) in [4.78, 5) is 20.0. The fourth-order valence-corrected chi connectivity index (χ4v) is 2.18. The Morgan fingerprint density at radius 3 is 2.62 bits per heavy atom. The van der Waals surface area contributed by atoms with Gasteiger partial charge in [0.05, 0.1) is 0 Å². The van der Waals surface area contributed by atoms with Crippen molar-refractivity contribution in [1.82, 2.24) is 15.1 Å². The Morgan fingerprint density at radius 1 is 1.29 bits per heavy atom. The van der Waals surface area contributed by atoms with Gasteiger partial charge >= 0.3 is 0 Å². The Kier molecular flexibility index (Phi) is 8.82. The molecule has 0 aromatic heterocycles. The smallest absolute Gasteiger partial charge is 0.243 e. The van der Waals surface area contributed by atoms with Crippen molar-refractivity contribution in [2.75, 3.05) is 53.5 Å². The average Bonchev–Trinajstić information content (AvgIpc) is 2.50. The molecule has 1 aliphatic heterocycles. The third-order valence-corrected chi connectivity index (χ3v) is 3.47. The van der Waals surface area contributed by atoms with Gasteiger partial charge in [-0.2, -0.15) is 0 Å². The van der Waals surface area contributed by atoms with E-state index >= 15 is 0 Å². The van der Waals surface area contributed by atoms with Crippen LogP contribution in [0.1, 0.15) is 32.6 Å². The number of rotatable bonds is 7. The Bertz CT molecular complexity index is 326. The van der Waals surface area contributed by atoms with E-state index in [1.165, 1.54) is 19.3 Å². The first-order valence-corrected chi connectivity index (χ1v) is 7.96. The molecule has 21 heavy (non-hydrogen) atoms. The number of carbonyl (C=O) groups excluding carboxylic acids is 1. The highest BCUT2D eigenvalue weighted by atomic mass is 16.5. The van der Waals surface area contributed by atoms with Crippen LogP contribution in [0.4, 0.5) is 0 Å². The van der Waals surface area contributed by atoms with Crippen LogP contribution in [0.15, 0.2) is 4.99 Å². The largest absolute Gasteiger partial charge is 0.382 e. The molecule has 0 spiro atoms. The highest BCUT2D eigenvalue weighted by Crippen LogP contribution is 2.08. The number of aliphatic imine (C=N–C) groups is 1. The molecule has 0 radical (unpaired) electrons. The monoisotopic (exact) mass is 298 g/mol. The maximum atomic E-state index is 11.7. The third-order valence-electron chi connectivity index (χ3n) is 3.47. The number of hydrogen-bond donors (Lipinski definition) is 1. The van der Waals surface area contributed by atoms with Crippen molar-refractivity contribution in [1.29, 1.82) is 0 Å². The molecule has 0 unspecified atom stereocenters. The van der Waals surface area contributed by atoms with Crippen molar-refractivity contribution in [3.8, 4) is 0 Å². The fraction of sp³-hybridized carbons (Fsp3) is 0.867. The van der Waals surface area contributed by atoms with Crippen molar-refractivity contribution in [2.45, 2.75) is 32.6 Å². The van der Waals surface area contributed by atoms with Crippen LogP contribution in [0, 0.1) is 0 Å². The van der Waals surface area contributed by atoms with Gasteiger partial charge in [0.1, 0.15) is 6.54 Å². The third kappa shape index (κ3) is 7.32. The van der Waals surface area contributed by atoms with Gasteiger partial charge in [0.2, 0.25) is 5.91 Å². The van der Waals surface area contributed by atoms with Gasteiger partial charge in [-0.25, -0.2) is 4.99 Å². The molecule has 1 heterocycles. The highest BCUT2D eigenvalue weighted by Gasteiger charge is 2.15. The molecule has 0 aromatic rings. The molecule has 1 rings (SSSR count). The molecule has 0 bridgehead atoms. The van der Waals surface area contributed by atoms with Crippen LogP contribution in [0.25, 0.3) is 0 Å². The quantitative estimate of drug-likeness (QED) is 0.432. The molecular formula is C15H30N4O2. The number of nitrogens with one attached hydrogen (secondary N) is 1. The predicted molar refractivity (Wildman–Crippen MR) is 85.5 cm³/mol. The van der Waals surface area contributed by atoms with Crippen LogP contribution in [0.5, 0.6) is 0 Å². The van der Waals surface area contributed by atoms with Gasteiger partial charge < -0.3 is 19.9 Å². The van der Waals surface area contributed by atoms with Crippen molar-refractivity contribution < 1.29 is 9.53 Å². The minimum atomic E-state index is 0.0284. The summed E-state index contributed by atoms with van der Waals surface area (Å²) >= 11 is 0. The molecule has 1 amide bonds. The molecule has 0 saturated carbocycles. The molecule has 0 aliphatic carbocycles. The Balaban J connectivity index is 2.48. The molecule has 6 heteroatoms. The van der Waals surface area contributed by atoms with Crippen LogP contribution in [-0.2, 0) is 9.53 Å². The van der Waals surface area contributed by atoms with E-state index in [0.717, 1.165) is 45.2 Å². The van der Waals surface area contributed by atoms with E-state index < -0.39 is 0 Å². The van der Waals surface area contributed by atoms with E-state index in [-0.39, 0.29) is 12.5 Å². The van der Waals surface area contributed by atoms with E-state index in [1.807, 2.05) is 6.92 Å². The number of ether oxygens (including phenoxy) is 1. The van der Waals surface area contributed by atoms with Gasteiger partial charge in [-0.15, -0.1) is 0 Å². The molecular weight excluding hydrogens is 268 g/mol. The number of hydrogen-bond acceptors (Lipinski definition) is 3. The van der Waals surface area contributed by atoms with E-state index in [9.17, 15) is 4.79 Å². The number of guanidine groups is 1. The number of piperidine rings is 1. The van der Waals surface area contributed by atoms with E-state index in [0.29, 0.717) is 0 Å². The second-order valence-electron chi connectivity index (χ2n) is 5.45. The summed E-state index contributed by atoms with van der Waals surface area (Å²) in [6, 6.07) is 0. The molecule has 0 atom stereocenters. The molecule has 6 nitrogen and oxygen atoms in total. The summed E-state index contributed by atoms with van der Waals surface area (Å²) in [6.07, 6.45) is 4.62. The standard InChI is InChI=1S/C15H30N4O2/c1-4-21-12-8-9-16-15(17-13-14(20)18(2)3)19-10-6-5-7-11-19/h4-13H2,1-3H3,(H,16,17). The average molecular weight is 298 g/mol. The topological polar surface area (TPSA) is 57.2 Å². The van der Waals surface area contributed by atoms with Crippen molar-refractivity contribution in [2.24, 2.45) is 4.99 Å². The zero-order chi connectivity index (χ0) is 15.5. The first kappa shape index (κ1) is 17.8. The summed E-state index contributed by atoms with van der Waals surface area (Å²) in [5, 5.41) is 3.37. The van der Waals surface area contributed by atoms with Crippen LogP contribution in [0.3, 0.4) is 0 Å². The van der Waals surface area contributed by atoms with Crippen LogP contribution in [0.2, 0.25) is 0 Å². The number of likely N-dealkylation sites (N-methyl/N-ethyl adjacent to an activating group) is 1. The molecule has 1 fully saturated rings. The highest BCUT2D eigenvalue weighted by molar-refractivity contribution is 5.84. The van der Waals surface area contributed by atoms with Crippen molar-refractivity contribution in [3.05, 3.63) is 0 Å². The predicted octanol–water partition coefficient (Wildman–Crippen LogP) is 0.933. The normalized spacial score (nSPS) is 16.0. The van der Waals surface area contributed by atoms with Gasteiger partial charge in [0.15, 0.2) is 5.96 Å². The minimum absolute atomic E-state index is 0.0284. The number of carbonyl (C=O) groups is 1. The lowest BCUT2D eigenvalue weighted by Gasteiger charge is -2.30. The second kappa shape index (κ2) is 10.4. The Hall–Kier alpha value is -1.30. The molecule has 1 aliphatic rings. The van der Waals surface area contributed by atoms with Gasteiger partial charge in [-0.3, -0.25) is 4.79 Å². The van der Waals surface area contributed by atoms with E-state index in [4.69, 9.17) is 4.74 Å². The van der Waals surface area contributed by atoms with Gasteiger partial charge in [-0.1, -0.05) is 0 Å². The summed E-state index contributed by atoms with van der Waals surface area (Å²) in [6.45, 7) is 6.59. The minimum Gasteiger partial charge on any atom is -0.382 e. The summed E-state index contributed by atoms with van der Waals surface area (Å²) in [5.41, 5.74) is 0. The maximum Gasteiger partial charge on any atom is 0.243 e. The SMILES string of the molecule is CCOCCCNC(=NCC(=O)N(C)C)N1CCCCC1. The Labute approximate surface area is 128 Å². The lowest BCUT2D eigenvalue weighted by atomic mass is 10.1. The number of amides is 1. The molecule has 1 N–H and O–H groups in total. The fourth-order valence-electron chi connectivity index (χ4n) is 2.18. The molecule has 0 aromatic carbocycles. The zero-order valence-electron chi connectivity index (χ0n) is 13.7. The van der Waals surface area contributed by atoms with Crippen LogP contribution < -0.4 is 5.32 Å². The summed E-state index contributed by atoms with van der Waals surface area (Å²) in [5.74, 6) is 0.891. The van der Waals surface area contributed by atoms with E-state index in [2.05, 4.69) is 15.2 Å². The first-order chi connectivity index (χ1) is 10.1. The second-order valence-corrected chi connectivity index (χ2v) is 5.45. The van der Waals surface area contributed by atoms with Crippen LogP contribution >= 0.6 is 0 Å². The van der Waals surface area contributed by atoms with Gasteiger partial charge in [-0.05, 0) is 32.6 Å².